The van der Waals surface area contributed by atoms with E-state index in [1.54, 1.807) is 27.7 Å². The van der Waals surface area contributed by atoms with E-state index >= 15 is 0 Å². The molecule has 0 aromatic carbocycles. The summed E-state index contributed by atoms with van der Waals surface area (Å²) in [5.41, 5.74) is -9.09. The van der Waals surface area contributed by atoms with E-state index in [9.17, 15) is 67.1 Å². The second-order valence-corrected chi connectivity index (χ2v) is 26.0. The quantitative estimate of drug-likeness (QED) is 0.0466. The summed E-state index contributed by atoms with van der Waals surface area (Å²) >= 11 is 0. The number of carboxylic acids is 1. The third-order valence-corrected chi connectivity index (χ3v) is 16.9. The van der Waals surface area contributed by atoms with Gasteiger partial charge in [0.1, 0.15) is 63.9 Å². The van der Waals surface area contributed by atoms with E-state index < -0.39 is 147 Å². The Labute approximate surface area is 510 Å². The molecule has 87 heavy (non-hydrogen) atoms. The number of hydrogen-bond donors (Lipinski definition) is 11. The largest absolute Gasteiger partial charge is 0.480 e. The highest BCUT2D eigenvalue weighted by atomic mass is 16.4. The zero-order chi connectivity index (χ0) is 65.6. The molecule has 11 N–H and O–H groups in total. The second-order valence-electron chi connectivity index (χ2n) is 26.0. The van der Waals surface area contributed by atoms with Crippen molar-refractivity contribution in [3.63, 3.8) is 0 Å². The zero-order valence-corrected chi connectivity index (χ0v) is 53.2. The van der Waals surface area contributed by atoms with Crippen LogP contribution < -0.4 is 53.2 Å². The first-order valence-electron chi connectivity index (χ1n) is 30.6. The molecule has 13 amide bonds. The first kappa shape index (κ1) is 72.1. The summed E-state index contributed by atoms with van der Waals surface area (Å²) in [4.78, 5) is 191. The van der Waals surface area contributed by atoms with Gasteiger partial charge in [0, 0.05) is 39.5 Å². The van der Waals surface area contributed by atoms with Crippen molar-refractivity contribution < 1.29 is 72.2 Å². The van der Waals surface area contributed by atoms with Crippen LogP contribution in [0.4, 0.5) is 0 Å². The van der Waals surface area contributed by atoms with Gasteiger partial charge in [0.15, 0.2) is 0 Å². The smallest absolute Gasteiger partial charge is 0.322 e. The number of likely N-dealkylation sites (tertiary alicyclic amines) is 3. The number of nitrogens with one attached hydrogen (secondary N) is 10. The Bertz CT molecular complexity index is 2640. The maximum Gasteiger partial charge on any atom is 0.322 e. The lowest BCUT2D eigenvalue weighted by atomic mass is 9.90. The molecule has 488 valence electrons. The second kappa shape index (κ2) is 30.0. The predicted octanol–water partition coefficient (Wildman–Crippen LogP) is -0.593. The molecule has 28 nitrogen and oxygen atoms in total. The molecule has 4 fully saturated rings. The molecule has 0 spiro atoms. The number of aliphatic carboxylic acids is 1. The Morgan fingerprint density at radius 1 is 0.529 bits per heavy atom. The van der Waals surface area contributed by atoms with Crippen molar-refractivity contribution in [1.29, 1.82) is 0 Å². The van der Waals surface area contributed by atoms with Crippen LogP contribution in [0.25, 0.3) is 0 Å². The first-order valence-corrected chi connectivity index (χ1v) is 30.6. The average Bonchev–Trinajstić information content (AvgIpc) is 2.04. The summed E-state index contributed by atoms with van der Waals surface area (Å²) in [6.45, 7) is 19.7. The SMILES string of the molecule is CC[C@](C)(NC(=O)[C@@H]1CCCCN1C(=O)C(C)(C)NC(=O)[C@@H]1CCCCN1C(C)=O)C(=O)N[C@@](C)(CC)C(=O)N[C@@H](CC(C)C)C(=O)NCCC(=O)NCC(=O)NC1(C(=O)NC(C)(C)C(=O)N2CCCC[C@H]2C(=O)NC(C)(C)C(=O)NCC(=O)O)CC1. The lowest BCUT2D eigenvalue weighted by molar-refractivity contribution is -0.151. The fourth-order valence-corrected chi connectivity index (χ4v) is 10.8. The number of piperidine rings is 3. The Hall–Kier alpha value is -7.42. The van der Waals surface area contributed by atoms with E-state index in [-0.39, 0.29) is 82.8 Å². The van der Waals surface area contributed by atoms with Gasteiger partial charge in [-0.05, 0) is 151 Å². The van der Waals surface area contributed by atoms with Gasteiger partial charge in [-0.3, -0.25) is 67.1 Å². The summed E-state index contributed by atoms with van der Waals surface area (Å²) in [6.07, 6.45) is 5.40. The highest BCUT2D eigenvalue weighted by molar-refractivity contribution is 6.02. The molecule has 0 aromatic heterocycles. The van der Waals surface area contributed by atoms with Gasteiger partial charge >= 0.3 is 5.97 Å². The number of hydrogen-bond acceptors (Lipinski definition) is 14. The van der Waals surface area contributed by atoms with Gasteiger partial charge in [0.05, 0.1) is 6.54 Å². The molecular formula is C59H97N13O15. The lowest BCUT2D eigenvalue weighted by Crippen LogP contribution is -2.68. The molecule has 3 heterocycles. The van der Waals surface area contributed by atoms with E-state index in [0.717, 1.165) is 12.8 Å². The van der Waals surface area contributed by atoms with Crippen molar-refractivity contribution in [2.75, 3.05) is 39.3 Å². The Kier molecular flexibility index (Phi) is 24.8. The minimum Gasteiger partial charge on any atom is -0.480 e. The maximum atomic E-state index is 14.3. The minimum absolute atomic E-state index is 0.0628. The summed E-state index contributed by atoms with van der Waals surface area (Å²) < 4.78 is 0. The van der Waals surface area contributed by atoms with Gasteiger partial charge in [0.25, 0.3) is 0 Å². The summed E-state index contributed by atoms with van der Waals surface area (Å²) in [7, 11) is 0. The maximum absolute atomic E-state index is 14.3. The average molecular weight is 1230 g/mol. The fraction of sp³-hybridized carbons (Fsp3) is 0.763. The van der Waals surface area contributed by atoms with Crippen molar-refractivity contribution in [3.8, 4) is 0 Å². The molecule has 0 aromatic rings. The van der Waals surface area contributed by atoms with Gasteiger partial charge in [-0.15, -0.1) is 0 Å². The van der Waals surface area contributed by atoms with E-state index in [0.29, 0.717) is 38.6 Å². The molecule has 1 saturated carbocycles. The molecule has 0 bridgehead atoms. The van der Waals surface area contributed by atoms with E-state index in [1.807, 2.05) is 13.8 Å². The monoisotopic (exact) mass is 1230 g/mol. The Morgan fingerprint density at radius 2 is 0.989 bits per heavy atom. The van der Waals surface area contributed by atoms with Gasteiger partial charge in [-0.1, -0.05) is 27.7 Å². The van der Waals surface area contributed by atoms with Crippen LogP contribution in [0.1, 0.15) is 186 Å². The number of carbonyl (C=O) groups excluding carboxylic acids is 13. The van der Waals surface area contributed by atoms with Crippen LogP contribution in [-0.2, 0) is 67.1 Å². The molecule has 0 radical (unpaired) electrons. The third kappa shape index (κ3) is 19.3. The normalized spacial score (nSPS) is 20.3. The number of nitrogens with zero attached hydrogens (tertiary/aromatic N) is 3. The van der Waals surface area contributed by atoms with E-state index in [1.165, 1.54) is 63.2 Å². The van der Waals surface area contributed by atoms with Crippen molar-refractivity contribution in [2.24, 2.45) is 5.92 Å². The first-order chi connectivity index (χ1) is 40.4. The standard InChI is InChI=1S/C59H97N13O15/c1-14-57(12,69-50(84)58(13,15-2)67-47(81)40-24-18-21-31-72(40)52(86)55(8,9)66-45(79)38-22-16-19-29-70(38)36(5)73)49(83)63-37(32-35(3)4)44(78)60-28-25-41(74)61-33-42(75)64-59(26-27-59)51(85)68-56(10,11)53(87)71-30-20-17-23-39(71)46(80)65-54(6,7)48(82)62-34-43(76)77/h35,37-40H,14-34H2,1-13H3,(H,60,78)(H,61,74)(H,62,82)(H,63,83)(H,64,75)(H,65,80)(H,66,79)(H,67,81)(H,68,85)(H,69,84)(H,76,77)/t37-,38-,39-,40-,57-,58-/m0/s1. The van der Waals surface area contributed by atoms with Gasteiger partial charge in [-0.25, -0.2) is 0 Å². The zero-order valence-electron chi connectivity index (χ0n) is 53.2. The van der Waals surface area contributed by atoms with Crippen molar-refractivity contribution >= 4 is 82.8 Å². The molecule has 4 aliphatic rings. The van der Waals surface area contributed by atoms with E-state index in [2.05, 4.69) is 53.2 Å². The molecule has 4 rings (SSSR count). The molecule has 6 atom stereocenters. The highest BCUT2D eigenvalue weighted by Crippen LogP contribution is 2.36. The predicted molar refractivity (Wildman–Crippen MR) is 317 cm³/mol. The number of amides is 13. The molecule has 28 heteroatoms. The molecule has 1 aliphatic carbocycles. The van der Waals surface area contributed by atoms with Crippen LogP contribution in [-0.4, -0.2) is 199 Å². The van der Waals surface area contributed by atoms with Gasteiger partial charge in [-0.2, -0.15) is 0 Å². The fourth-order valence-electron chi connectivity index (χ4n) is 10.8. The van der Waals surface area contributed by atoms with Crippen LogP contribution >= 0.6 is 0 Å². The number of carbonyl (C=O) groups is 14. The van der Waals surface area contributed by atoms with Crippen molar-refractivity contribution in [1.82, 2.24) is 67.9 Å². The van der Waals surface area contributed by atoms with Crippen molar-refractivity contribution in [3.05, 3.63) is 0 Å². The topological polar surface area (TPSA) is 389 Å². The number of rotatable bonds is 28. The van der Waals surface area contributed by atoms with Crippen LogP contribution in [0.2, 0.25) is 0 Å². The van der Waals surface area contributed by atoms with Gasteiger partial charge in [0.2, 0.25) is 76.8 Å². The Balaban J connectivity index is 1.29. The highest BCUT2D eigenvalue weighted by Gasteiger charge is 2.54. The molecule has 3 saturated heterocycles. The van der Waals surface area contributed by atoms with Crippen molar-refractivity contribution in [2.45, 2.75) is 244 Å². The van der Waals surface area contributed by atoms with Gasteiger partial charge < -0.3 is 73.0 Å². The molecule has 3 aliphatic heterocycles. The molecular weight excluding hydrogens is 1130 g/mol. The lowest BCUT2D eigenvalue weighted by Gasteiger charge is -2.42. The Morgan fingerprint density at radius 3 is 1.46 bits per heavy atom. The van der Waals surface area contributed by atoms with Crippen LogP contribution in [0.15, 0.2) is 0 Å². The summed E-state index contributed by atoms with van der Waals surface area (Å²) in [5, 5.41) is 35.5. The molecule has 0 unspecified atom stereocenters. The van der Waals surface area contributed by atoms with E-state index in [4.69, 9.17) is 5.11 Å². The van der Waals surface area contributed by atoms with Crippen LogP contribution in [0.3, 0.4) is 0 Å². The summed E-state index contributed by atoms with van der Waals surface area (Å²) in [6, 6.07) is -3.83. The van der Waals surface area contributed by atoms with Crippen LogP contribution in [0.5, 0.6) is 0 Å². The van der Waals surface area contributed by atoms with Crippen LogP contribution in [0, 0.1) is 5.92 Å². The number of carboxylic acid groups (broad SMARTS) is 1. The summed E-state index contributed by atoms with van der Waals surface area (Å²) in [5.74, 6) is -9.13. The minimum atomic E-state index is -1.60. The third-order valence-electron chi connectivity index (χ3n) is 16.9.